The van der Waals surface area contributed by atoms with E-state index in [9.17, 15) is 0 Å². The third kappa shape index (κ3) is 2.91. The van der Waals surface area contributed by atoms with Crippen molar-refractivity contribution in [3.05, 3.63) is 47.7 Å². The van der Waals surface area contributed by atoms with E-state index >= 15 is 0 Å². The number of aryl methyl sites for hydroxylation is 1. The number of anilines is 2. The van der Waals surface area contributed by atoms with Crippen LogP contribution in [0.5, 0.6) is 5.88 Å². The zero-order valence-electron chi connectivity index (χ0n) is 10.6. The molecule has 2 rings (SSSR count). The van der Waals surface area contributed by atoms with Crippen LogP contribution in [0.3, 0.4) is 0 Å². The summed E-state index contributed by atoms with van der Waals surface area (Å²) in [5, 5.41) is 3.36. The van der Waals surface area contributed by atoms with Gasteiger partial charge >= 0.3 is 0 Å². The van der Waals surface area contributed by atoms with Crippen molar-refractivity contribution in [2.24, 2.45) is 0 Å². The zero-order valence-corrected chi connectivity index (χ0v) is 10.6. The molecule has 0 radical (unpaired) electrons. The Labute approximate surface area is 107 Å². The second-order valence-corrected chi connectivity index (χ2v) is 4.13. The summed E-state index contributed by atoms with van der Waals surface area (Å²) in [7, 11) is 1.61. The highest BCUT2D eigenvalue weighted by molar-refractivity contribution is 5.59. The molecule has 3 N–H and O–H groups in total. The van der Waals surface area contributed by atoms with E-state index in [1.165, 1.54) is 5.56 Å². The van der Waals surface area contributed by atoms with Crippen LogP contribution in [0.15, 0.2) is 36.5 Å². The summed E-state index contributed by atoms with van der Waals surface area (Å²) in [5.41, 5.74) is 9.86. The van der Waals surface area contributed by atoms with Gasteiger partial charge in [0.25, 0.3) is 0 Å². The summed E-state index contributed by atoms with van der Waals surface area (Å²) in [6.07, 6.45) is 1.74. The topological polar surface area (TPSA) is 60.2 Å². The Hall–Kier alpha value is -2.23. The number of benzene rings is 1. The second kappa shape index (κ2) is 5.40. The molecule has 0 amide bonds. The van der Waals surface area contributed by atoms with E-state index in [2.05, 4.69) is 17.2 Å². The molecule has 4 nitrogen and oxygen atoms in total. The Bertz CT molecular complexity index is 540. The number of hydrogen-bond donors (Lipinski definition) is 2. The fourth-order valence-electron chi connectivity index (χ4n) is 1.70. The number of methoxy groups -OCH3 is 1. The van der Waals surface area contributed by atoms with Gasteiger partial charge in [-0.1, -0.05) is 6.07 Å². The van der Waals surface area contributed by atoms with Crippen molar-refractivity contribution in [1.82, 2.24) is 4.98 Å². The molecule has 2 aromatic rings. The van der Waals surface area contributed by atoms with Crippen molar-refractivity contribution in [3.8, 4) is 5.88 Å². The highest BCUT2D eigenvalue weighted by Gasteiger charge is 2.00. The summed E-state index contributed by atoms with van der Waals surface area (Å²) >= 11 is 0. The Morgan fingerprint density at radius 1 is 1.28 bits per heavy atom. The first-order chi connectivity index (χ1) is 8.69. The number of nitrogen functional groups attached to an aromatic ring is 1. The molecule has 0 aliphatic rings. The largest absolute Gasteiger partial charge is 0.481 e. The van der Waals surface area contributed by atoms with Crippen LogP contribution in [0.2, 0.25) is 0 Å². The summed E-state index contributed by atoms with van der Waals surface area (Å²) in [4.78, 5) is 4.07. The number of aromatic nitrogens is 1. The fraction of sp³-hybridized carbons (Fsp3) is 0.214. The Morgan fingerprint density at radius 3 is 2.89 bits per heavy atom. The Balaban J connectivity index is 2.08. The van der Waals surface area contributed by atoms with Crippen molar-refractivity contribution in [2.45, 2.75) is 13.5 Å². The third-order valence-corrected chi connectivity index (χ3v) is 2.75. The van der Waals surface area contributed by atoms with E-state index < -0.39 is 0 Å². The zero-order chi connectivity index (χ0) is 13.0. The molecule has 0 saturated carbocycles. The number of nitrogens with zero attached hydrogens (tertiary/aromatic N) is 1. The van der Waals surface area contributed by atoms with Crippen LogP contribution >= 0.6 is 0 Å². The molecule has 0 bridgehead atoms. The van der Waals surface area contributed by atoms with E-state index in [4.69, 9.17) is 10.5 Å². The monoisotopic (exact) mass is 243 g/mol. The predicted molar refractivity (Wildman–Crippen MR) is 73.7 cm³/mol. The average molecular weight is 243 g/mol. The first-order valence-electron chi connectivity index (χ1n) is 5.78. The van der Waals surface area contributed by atoms with E-state index in [0.717, 1.165) is 16.9 Å². The molecular weight excluding hydrogens is 226 g/mol. The van der Waals surface area contributed by atoms with E-state index in [1.807, 2.05) is 30.3 Å². The highest BCUT2D eigenvalue weighted by atomic mass is 16.5. The number of nitrogens with one attached hydrogen (secondary N) is 1. The molecule has 1 aromatic heterocycles. The van der Waals surface area contributed by atoms with Crippen LogP contribution in [0.1, 0.15) is 11.1 Å². The van der Waals surface area contributed by atoms with Crippen LogP contribution in [-0.2, 0) is 6.54 Å². The normalized spacial score (nSPS) is 10.1. The molecule has 1 aromatic carbocycles. The highest BCUT2D eigenvalue weighted by Crippen LogP contribution is 2.19. The Kier molecular flexibility index (Phi) is 3.67. The lowest BCUT2D eigenvalue weighted by molar-refractivity contribution is 0.397. The molecule has 94 valence electrons. The van der Waals surface area contributed by atoms with Gasteiger partial charge in [-0.2, -0.15) is 0 Å². The molecular formula is C14H17N3O. The van der Waals surface area contributed by atoms with Crippen molar-refractivity contribution in [1.29, 1.82) is 0 Å². The molecule has 0 aliphatic carbocycles. The second-order valence-electron chi connectivity index (χ2n) is 4.13. The number of ether oxygens (including phenoxy) is 1. The lowest BCUT2D eigenvalue weighted by Crippen LogP contribution is -2.02. The number of pyridine rings is 1. The average Bonchev–Trinajstić information content (AvgIpc) is 2.40. The van der Waals surface area contributed by atoms with E-state index in [1.54, 1.807) is 13.3 Å². The van der Waals surface area contributed by atoms with Gasteiger partial charge in [0.15, 0.2) is 0 Å². The number of hydrogen-bond acceptors (Lipinski definition) is 4. The van der Waals surface area contributed by atoms with Crippen molar-refractivity contribution >= 4 is 11.4 Å². The molecule has 4 heteroatoms. The Morgan fingerprint density at radius 2 is 2.11 bits per heavy atom. The maximum atomic E-state index is 5.77. The van der Waals surface area contributed by atoms with Crippen LogP contribution in [0.4, 0.5) is 11.4 Å². The minimum atomic E-state index is 0.624. The quantitative estimate of drug-likeness (QED) is 0.810. The van der Waals surface area contributed by atoms with Gasteiger partial charge in [-0.25, -0.2) is 4.98 Å². The smallest absolute Gasteiger partial charge is 0.213 e. The standard InChI is InChI=1S/C14H17N3O/c1-10-3-4-12(15)8-13(10)17-9-11-5-6-16-14(7-11)18-2/h3-8,17H,9,15H2,1-2H3. The van der Waals surface area contributed by atoms with Gasteiger partial charge in [0.1, 0.15) is 0 Å². The van der Waals surface area contributed by atoms with Gasteiger partial charge in [-0.3, -0.25) is 0 Å². The third-order valence-electron chi connectivity index (χ3n) is 2.75. The molecule has 1 heterocycles. The van der Waals surface area contributed by atoms with E-state index in [-0.39, 0.29) is 0 Å². The van der Waals surface area contributed by atoms with Crippen LogP contribution in [0.25, 0.3) is 0 Å². The number of rotatable bonds is 4. The molecule has 0 aliphatic heterocycles. The van der Waals surface area contributed by atoms with Crippen molar-refractivity contribution < 1.29 is 4.74 Å². The minimum absolute atomic E-state index is 0.624. The molecule has 18 heavy (non-hydrogen) atoms. The molecule has 0 saturated heterocycles. The molecule has 0 fully saturated rings. The maximum Gasteiger partial charge on any atom is 0.213 e. The lowest BCUT2D eigenvalue weighted by Gasteiger charge is -2.10. The van der Waals surface area contributed by atoms with Crippen molar-refractivity contribution in [3.63, 3.8) is 0 Å². The van der Waals surface area contributed by atoms with Gasteiger partial charge in [0.05, 0.1) is 7.11 Å². The number of nitrogens with two attached hydrogens (primary N) is 1. The molecule has 0 atom stereocenters. The summed E-state index contributed by atoms with van der Waals surface area (Å²) in [6, 6.07) is 9.71. The SMILES string of the molecule is COc1cc(CNc2cc(N)ccc2C)ccn1. The minimum Gasteiger partial charge on any atom is -0.481 e. The molecule has 0 unspecified atom stereocenters. The van der Waals surface area contributed by atoms with Gasteiger partial charge in [0, 0.05) is 30.2 Å². The summed E-state index contributed by atoms with van der Waals surface area (Å²) < 4.78 is 5.09. The summed E-state index contributed by atoms with van der Waals surface area (Å²) in [6.45, 7) is 2.76. The van der Waals surface area contributed by atoms with Gasteiger partial charge in [0.2, 0.25) is 5.88 Å². The first-order valence-corrected chi connectivity index (χ1v) is 5.78. The van der Waals surface area contributed by atoms with Crippen LogP contribution in [0, 0.1) is 6.92 Å². The fourth-order valence-corrected chi connectivity index (χ4v) is 1.70. The van der Waals surface area contributed by atoms with Crippen LogP contribution < -0.4 is 15.8 Å². The first kappa shape index (κ1) is 12.2. The van der Waals surface area contributed by atoms with Crippen molar-refractivity contribution in [2.75, 3.05) is 18.2 Å². The molecule has 0 spiro atoms. The van der Waals surface area contributed by atoms with Gasteiger partial charge in [-0.05, 0) is 36.2 Å². The van der Waals surface area contributed by atoms with Crippen LogP contribution in [-0.4, -0.2) is 12.1 Å². The van der Waals surface area contributed by atoms with E-state index in [0.29, 0.717) is 12.4 Å². The van der Waals surface area contributed by atoms with Gasteiger partial charge < -0.3 is 15.8 Å². The summed E-state index contributed by atoms with van der Waals surface area (Å²) in [5.74, 6) is 0.624. The predicted octanol–water partition coefficient (Wildman–Crippen LogP) is 2.59. The van der Waals surface area contributed by atoms with Gasteiger partial charge in [-0.15, -0.1) is 0 Å². The lowest BCUT2D eigenvalue weighted by atomic mass is 10.1. The maximum absolute atomic E-state index is 5.77.